The molecule has 1 saturated carbocycles. The molecule has 2 heterocycles. The summed E-state index contributed by atoms with van der Waals surface area (Å²) in [5.41, 5.74) is 23.1. The molecule has 7 N–H and O–H groups in total. The van der Waals surface area contributed by atoms with E-state index in [0.29, 0.717) is 45.8 Å². The quantitative estimate of drug-likeness (QED) is 0.316. The highest BCUT2D eigenvalue weighted by Gasteiger charge is 2.43. The smallest absolute Gasteiger partial charge is 0.222 e. The molecule has 8 heteroatoms. The van der Waals surface area contributed by atoms with Gasteiger partial charge in [-0.25, -0.2) is 9.98 Å². The highest BCUT2D eigenvalue weighted by molar-refractivity contribution is 6.07. The molecule has 1 aliphatic carbocycles. The van der Waals surface area contributed by atoms with E-state index in [1.807, 2.05) is 48.5 Å². The molecule has 4 aromatic rings. The number of fused-ring (bicyclic) bond motifs is 2. The number of nitrogens with two attached hydrogens (primary N) is 3. The van der Waals surface area contributed by atoms with Gasteiger partial charge in [0, 0.05) is 22.9 Å². The van der Waals surface area contributed by atoms with Gasteiger partial charge in [0.15, 0.2) is 5.75 Å². The number of benzene rings is 3. The van der Waals surface area contributed by atoms with E-state index in [-0.39, 0.29) is 11.5 Å². The van der Waals surface area contributed by atoms with Crippen LogP contribution < -0.4 is 27.3 Å². The van der Waals surface area contributed by atoms with Crippen molar-refractivity contribution in [3.05, 3.63) is 83.9 Å². The number of nitrogen functional groups attached to an aromatic ring is 2. The van der Waals surface area contributed by atoms with Crippen LogP contribution in [-0.2, 0) is 6.42 Å². The van der Waals surface area contributed by atoms with Gasteiger partial charge in [-0.05, 0) is 49.1 Å². The van der Waals surface area contributed by atoms with E-state index in [1.165, 1.54) is 5.56 Å². The van der Waals surface area contributed by atoms with Crippen molar-refractivity contribution >= 4 is 29.0 Å². The average molecular weight is 464 g/mol. The van der Waals surface area contributed by atoms with E-state index in [1.54, 1.807) is 0 Å². The Balaban J connectivity index is 1.34. The molecule has 0 unspecified atom stereocenters. The number of hydrogen-bond acceptors (Lipinski definition) is 8. The van der Waals surface area contributed by atoms with Gasteiger partial charge < -0.3 is 27.3 Å². The molecule has 0 spiro atoms. The molecule has 8 nitrogen and oxygen atoms in total. The summed E-state index contributed by atoms with van der Waals surface area (Å²) in [4.78, 5) is 13.4. The van der Waals surface area contributed by atoms with Crippen LogP contribution in [0.1, 0.15) is 24.0 Å². The Morgan fingerprint density at radius 1 is 0.857 bits per heavy atom. The molecule has 3 aromatic carbocycles. The number of rotatable bonds is 5. The summed E-state index contributed by atoms with van der Waals surface area (Å²) in [6, 6.07) is 23.5. The zero-order valence-electron chi connectivity index (χ0n) is 19.0. The molecular weight excluding hydrogens is 438 g/mol. The molecule has 0 radical (unpaired) electrons. The molecule has 174 valence electrons. The summed E-state index contributed by atoms with van der Waals surface area (Å²) in [5, 5.41) is 3.60. The Labute approximate surface area is 202 Å². The topological polar surface area (TPSA) is 137 Å². The number of aromatic nitrogens is 2. The van der Waals surface area contributed by atoms with Crippen LogP contribution >= 0.6 is 0 Å². The first-order chi connectivity index (χ1) is 17.0. The molecule has 0 atom stereocenters. The van der Waals surface area contributed by atoms with Gasteiger partial charge in [-0.15, -0.1) is 0 Å². The normalized spacial score (nSPS) is 15.1. The lowest BCUT2D eigenvalue weighted by molar-refractivity contribution is 0.485. The van der Waals surface area contributed by atoms with Gasteiger partial charge in [-0.1, -0.05) is 42.5 Å². The number of anilines is 3. The van der Waals surface area contributed by atoms with Crippen molar-refractivity contribution in [2.75, 3.05) is 16.8 Å². The van der Waals surface area contributed by atoms with Gasteiger partial charge in [-0.3, -0.25) is 0 Å². The fourth-order valence-corrected chi connectivity index (χ4v) is 4.51. The molecule has 1 fully saturated rings. The molecule has 0 saturated heterocycles. The number of hydrogen-bond donors (Lipinski definition) is 4. The SMILES string of the molecule is NC1=Nc2ccccc2Oc2cc(-c3cc(NC4(Cc5ccccc5)CC4)nc(N)n3)cc(N)c21. The van der Waals surface area contributed by atoms with Gasteiger partial charge >= 0.3 is 0 Å². The monoisotopic (exact) mass is 463 g/mol. The highest BCUT2D eigenvalue weighted by atomic mass is 16.5. The zero-order chi connectivity index (χ0) is 24.0. The number of nitrogens with one attached hydrogen (secondary N) is 1. The van der Waals surface area contributed by atoms with Crippen LogP contribution in [0.15, 0.2) is 77.8 Å². The van der Waals surface area contributed by atoms with E-state index in [2.05, 4.69) is 44.5 Å². The molecular formula is C27H25N7O. The van der Waals surface area contributed by atoms with Crippen LogP contribution in [0, 0.1) is 0 Å². The van der Waals surface area contributed by atoms with Crippen LogP contribution in [0.3, 0.4) is 0 Å². The Morgan fingerprint density at radius 2 is 1.63 bits per heavy atom. The minimum absolute atomic E-state index is 0.0239. The average Bonchev–Trinajstić information content (AvgIpc) is 3.60. The van der Waals surface area contributed by atoms with Gasteiger partial charge in [-0.2, -0.15) is 4.98 Å². The van der Waals surface area contributed by atoms with Crippen molar-refractivity contribution in [1.29, 1.82) is 0 Å². The largest absolute Gasteiger partial charge is 0.454 e. The fourth-order valence-electron chi connectivity index (χ4n) is 4.51. The van der Waals surface area contributed by atoms with Crippen LogP contribution in [0.2, 0.25) is 0 Å². The zero-order valence-corrected chi connectivity index (χ0v) is 19.0. The van der Waals surface area contributed by atoms with Crippen LogP contribution in [-0.4, -0.2) is 21.3 Å². The van der Waals surface area contributed by atoms with Crippen LogP contribution in [0.25, 0.3) is 11.3 Å². The second-order valence-corrected chi connectivity index (χ2v) is 9.07. The Bertz CT molecular complexity index is 1460. The lowest BCUT2D eigenvalue weighted by Crippen LogP contribution is -2.25. The lowest BCUT2D eigenvalue weighted by Gasteiger charge is -2.19. The fraction of sp³-hybridized carbons (Fsp3) is 0.148. The maximum atomic E-state index is 6.42. The summed E-state index contributed by atoms with van der Waals surface area (Å²) < 4.78 is 6.17. The standard InChI is InChI=1S/C27H25N7O/c28-18-12-17(13-22-24(18)25(29)31-19-8-4-5-9-21(19)35-22)20-14-23(33-26(30)32-20)34-27(10-11-27)15-16-6-2-1-3-7-16/h1-9,12-14H,10-11,15,28H2,(H2,29,31)(H3,30,32,33,34). The molecule has 1 aromatic heterocycles. The van der Waals surface area contributed by atoms with E-state index in [9.17, 15) is 0 Å². The van der Waals surface area contributed by atoms with E-state index >= 15 is 0 Å². The third kappa shape index (κ3) is 4.10. The first-order valence-electron chi connectivity index (χ1n) is 11.5. The summed E-state index contributed by atoms with van der Waals surface area (Å²) in [6.45, 7) is 0. The second kappa shape index (κ2) is 8.02. The van der Waals surface area contributed by atoms with Gasteiger partial charge in [0.1, 0.15) is 23.1 Å². The maximum Gasteiger partial charge on any atom is 0.222 e. The van der Waals surface area contributed by atoms with Crippen molar-refractivity contribution < 1.29 is 4.74 Å². The summed E-state index contributed by atoms with van der Waals surface area (Å²) in [7, 11) is 0. The number of aliphatic imine (C=N–C) groups is 1. The Kier molecular flexibility index (Phi) is 4.81. The maximum absolute atomic E-state index is 6.42. The minimum atomic E-state index is -0.0239. The molecule has 1 aliphatic heterocycles. The van der Waals surface area contributed by atoms with Gasteiger partial charge in [0.2, 0.25) is 5.95 Å². The summed E-state index contributed by atoms with van der Waals surface area (Å²) in [6.07, 6.45) is 3.06. The Morgan fingerprint density at radius 3 is 2.43 bits per heavy atom. The van der Waals surface area contributed by atoms with E-state index in [0.717, 1.165) is 24.8 Å². The number of nitrogens with zero attached hydrogens (tertiary/aromatic N) is 3. The van der Waals surface area contributed by atoms with Crippen molar-refractivity contribution in [2.45, 2.75) is 24.8 Å². The number of amidine groups is 1. The lowest BCUT2D eigenvalue weighted by atomic mass is 10.0. The first kappa shape index (κ1) is 21.0. The van der Waals surface area contributed by atoms with Crippen molar-refractivity contribution in [2.24, 2.45) is 10.7 Å². The van der Waals surface area contributed by atoms with Gasteiger partial charge in [0.05, 0.1) is 11.3 Å². The highest BCUT2D eigenvalue weighted by Crippen LogP contribution is 2.43. The van der Waals surface area contributed by atoms with Crippen molar-refractivity contribution in [1.82, 2.24) is 9.97 Å². The molecule has 6 rings (SSSR count). The van der Waals surface area contributed by atoms with E-state index in [4.69, 9.17) is 21.9 Å². The third-order valence-corrected chi connectivity index (χ3v) is 6.39. The predicted molar refractivity (Wildman–Crippen MR) is 139 cm³/mol. The number of ether oxygens (including phenoxy) is 1. The van der Waals surface area contributed by atoms with E-state index < -0.39 is 0 Å². The van der Waals surface area contributed by atoms with Crippen molar-refractivity contribution in [3.8, 4) is 22.8 Å². The number of para-hydroxylation sites is 2. The Hall–Kier alpha value is -4.59. The summed E-state index contributed by atoms with van der Waals surface area (Å²) in [5.74, 6) is 2.28. The molecule has 35 heavy (non-hydrogen) atoms. The van der Waals surface area contributed by atoms with Crippen molar-refractivity contribution in [3.63, 3.8) is 0 Å². The minimum Gasteiger partial charge on any atom is -0.454 e. The predicted octanol–water partition coefficient (Wildman–Crippen LogP) is 4.64. The molecule has 0 amide bonds. The van der Waals surface area contributed by atoms with Crippen LogP contribution in [0.5, 0.6) is 11.5 Å². The second-order valence-electron chi connectivity index (χ2n) is 9.07. The first-order valence-corrected chi connectivity index (χ1v) is 11.5. The third-order valence-electron chi connectivity index (χ3n) is 6.39. The molecule has 0 bridgehead atoms. The molecule has 2 aliphatic rings. The summed E-state index contributed by atoms with van der Waals surface area (Å²) >= 11 is 0. The van der Waals surface area contributed by atoms with Crippen LogP contribution in [0.4, 0.5) is 23.1 Å². The van der Waals surface area contributed by atoms with Gasteiger partial charge in [0.25, 0.3) is 0 Å².